The van der Waals surface area contributed by atoms with Crippen LogP contribution in [0.2, 0.25) is 0 Å². The zero-order valence-electron chi connectivity index (χ0n) is 16.3. The number of ether oxygens (including phenoxy) is 2. The van der Waals surface area contributed by atoms with Crippen molar-refractivity contribution in [3.63, 3.8) is 0 Å². The first-order valence-corrected chi connectivity index (χ1v) is 9.16. The van der Waals surface area contributed by atoms with Gasteiger partial charge in [0.2, 0.25) is 5.91 Å². The van der Waals surface area contributed by atoms with Gasteiger partial charge >= 0.3 is 0 Å². The van der Waals surface area contributed by atoms with Crippen LogP contribution in [0.5, 0.6) is 11.5 Å². The maximum absolute atomic E-state index is 13.3. The van der Waals surface area contributed by atoms with Crippen molar-refractivity contribution in [3.8, 4) is 11.5 Å². The van der Waals surface area contributed by atoms with Gasteiger partial charge in [0.05, 0.1) is 32.5 Å². The molecule has 1 amide bonds. The number of methoxy groups -OCH3 is 2. The van der Waals surface area contributed by atoms with Crippen molar-refractivity contribution in [2.75, 3.05) is 26.1 Å². The number of anilines is 1. The number of halogens is 1. The van der Waals surface area contributed by atoms with Gasteiger partial charge in [0.15, 0.2) is 0 Å². The van der Waals surface area contributed by atoms with Crippen LogP contribution in [0.3, 0.4) is 0 Å². The molecule has 0 aromatic heterocycles. The number of nitrogens with one attached hydrogen (secondary N) is 2. The summed E-state index contributed by atoms with van der Waals surface area (Å²) in [7, 11) is 3.10. The number of carbonyl (C=O) groups excluding carboxylic acids is 1. The van der Waals surface area contributed by atoms with Gasteiger partial charge in [-0.1, -0.05) is 42.5 Å². The van der Waals surface area contributed by atoms with E-state index in [1.165, 1.54) is 19.2 Å². The standard InChI is InChI=1S/C23H23FN2O3/c1-28-19-12-13-21(29-2)20(14-19)26-22(27)15-25-23(16-6-4-3-5-7-16)17-8-10-18(24)11-9-17/h3-14,23,25H,15H2,1-2H3,(H,26,27). The molecule has 0 bridgehead atoms. The highest BCUT2D eigenvalue weighted by molar-refractivity contribution is 5.94. The average molecular weight is 394 g/mol. The van der Waals surface area contributed by atoms with E-state index in [4.69, 9.17) is 9.47 Å². The third-order valence-corrected chi connectivity index (χ3v) is 4.48. The molecule has 0 aliphatic heterocycles. The zero-order valence-corrected chi connectivity index (χ0v) is 16.3. The highest BCUT2D eigenvalue weighted by atomic mass is 19.1. The van der Waals surface area contributed by atoms with Crippen LogP contribution in [0.4, 0.5) is 10.1 Å². The Kier molecular flexibility index (Phi) is 6.81. The van der Waals surface area contributed by atoms with E-state index in [0.717, 1.165) is 11.1 Å². The normalized spacial score (nSPS) is 11.6. The molecule has 0 spiro atoms. The molecule has 0 aliphatic carbocycles. The minimum atomic E-state index is -0.302. The molecule has 5 nitrogen and oxygen atoms in total. The van der Waals surface area contributed by atoms with Gasteiger partial charge in [-0.15, -0.1) is 0 Å². The lowest BCUT2D eigenvalue weighted by Crippen LogP contribution is -2.32. The first kappa shape index (κ1) is 20.4. The van der Waals surface area contributed by atoms with Gasteiger partial charge in [0.1, 0.15) is 17.3 Å². The van der Waals surface area contributed by atoms with E-state index in [-0.39, 0.29) is 24.3 Å². The van der Waals surface area contributed by atoms with Crippen molar-refractivity contribution in [1.29, 1.82) is 0 Å². The average Bonchev–Trinajstić information content (AvgIpc) is 2.75. The summed E-state index contributed by atoms with van der Waals surface area (Å²) in [6.07, 6.45) is 0. The summed E-state index contributed by atoms with van der Waals surface area (Å²) < 4.78 is 23.8. The van der Waals surface area contributed by atoms with Crippen LogP contribution in [0, 0.1) is 5.82 Å². The molecule has 0 fully saturated rings. The quantitative estimate of drug-likeness (QED) is 0.602. The topological polar surface area (TPSA) is 59.6 Å². The van der Waals surface area contributed by atoms with Crippen molar-refractivity contribution in [3.05, 3.63) is 89.7 Å². The predicted molar refractivity (Wildman–Crippen MR) is 111 cm³/mol. The Morgan fingerprint density at radius 2 is 1.62 bits per heavy atom. The Balaban J connectivity index is 1.74. The highest BCUT2D eigenvalue weighted by Gasteiger charge is 2.16. The maximum atomic E-state index is 13.3. The van der Waals surface area contributed by atoms with E-state index in [2.05, 4.69) is 10.6 Å². The Bertz CT molecular complexity index is 946. The number of carbonyl (C=O) groups is 1. The van der Waals surface area contributed by atoms with E-state index in [1.54, 1.807) is 37.4 Å². The summed E-state index contributed by atoms with van der Waals surface area (Å²) in [5.41, 5.74) is 2.37. The molecule has 1 atom stereocenters. The molecule has 0 aliphatic rings. The lowest BCUT2D eigenvalue weighted by Gasteiger charge is -2.20. The SMILES string of the molecule is COc1ccc(OC)c(NC(=O)CNC(c2ccccc2)c2ccc(F)cc2)c1. The number of hydrogen-bond donors (Lipinski definition) is 2. The summed E-state index contributed by atoms with van der Waals surface area (Å²) in [4.78, 5) is 12.6. The van der Waals surface area contributed by atoms with Crippen molar-refractivity contribution in [2.24, 2.45) is 0 Å². The van der Waals surface area contributed by atoms with Crippen molar-refractivity contribution < 1.29 is 18.7 Å². The molecule has 6 heteroatoms. The van der Waals surface area contributed by atoms with Gasteiger partial charge in [-0.05, 0) is 35.4 Å². The molecule has 150 valence electrons. The Morgan fingerprint density at radius 3 is 2.28 bits per heavy atom. The molecule has 0 saturated carbocycles. The minimum absolute atomic E-state index is 0.0529. The van der Waals surface area contributed by atoms with Crippen LogP contribution in [0.15, 0.2) is 72.8 Å². The van der Waals surface area contributed by atoms with Gasteiger partial charge < -0.3 is 14.8 Å². The summed E-state index contributed by atoms with van der Waals surface area (Å²) in [6.45, 7) is 0.0529. The predicted octanol–water partition coefficient (Wildman–Crippen LogP) is 4.16. The van der Waals surface area contributed by atoms with E-state index >= 15 is 0 Å². The van der Waals surface area contributed by atoms with Crippen LogP contribution < -0.4 is 20.1 Å². The third kappa shape index (κ3) is 5.33. The smallest absolute Gasteiger partial charge is 0.238 e. The van der Waals surface area contributed by atoms with Crippen LogP contribution in [0.1, 0.15) is 17.2 Å². The molecule has 2 N–H and O–H groups in total. The zero-order chi connectivity index (χ0) is 20.6. The Morgan fingerprint density at radius 1 is 0.931 bits per heavy atom. The molecule has 29 heavy (non-hydrogen) atoms. The summed E-state index contributed by atoms with van der Waals surface area (Å²) >= 11 is 0. The third-order valence-electron chi connectivity index (χ3n) is 4.48. The fraction of sp³-hybridized carbons (Fsp3) is 0.174. The molecule has 1 unspecified atom stereocenters. The first-order chi connectivity index (χ1) is 14.1. The van der Waals surface area contributed by atoms with Crippen LogP contribution in [-0.2, 0) is 4.79 Å². The number of amides is 1. The fourth-order valence-electron chi connectivity index (χ4n) is 3.03. The summed E-state index contributed by atoms with van der Waals surface area (Å²) in [5.74, 6) is 0.614. The molecule has 0 heterocycles. The van der Waals surface area contributed by atoms with Crippen molar-refractivity contribution >= 4 is 11.6 Å². The number of rotatable bonds is 8. The summed E-state index contributed by atoms with van der Waals surface area (Å²) in [5, 5.41) is 6.09. The summed E-state index contributed by atoms with van der Waals surface area (Å²) in [6, 6.07) is 20.9. The lowest BCUT2D eigenvalue weighted by atomic mass is 9.98. The van der Waals surface area contributed by atoms with Gasteiger partial charge in [-0.25, -0.2) is 4.39 Å². The fourth-order valence-corrected chi connectivity index (χ4v) is 3.03. The first-order valence-electron chi connectivity index (χ1n) is 9.16. The number of hydrogen-bond acceptors (Lipinski definition) is 4. The Hall–Kier alpha value is -3.38. The van der Waals surface area contributed by atoms with E-state index in [9.17, 15) is 9.18 Å². The van der Waals surface area contributed by atoms with Crippen molar-refractivity contribution in [2.45, 2.75) is 6.04 Å². The van der Waals surface area contributed by atoms with Crippen LogP contribution >= 0.6 is 0 Å². The van der Waals surface area contributed by atoms with Gasteiger partial charge in [-0.3, -0.25) is 10.1 Å². The largest absolute Gasteiger partial charge is 0.497 e. The molecular weight excluding hydrogens is 371 g/mol. The van der Waals surface area contributed by atoms with Gasteiger partial charge in [0, 0.05) is 6.07 Å². The molecule has 3 rings (SSSR count). The minimum Gasteiger partial charge on any atom is -0.497 e. The molecule has 0 saturated heterocycles. The Labute approximate surface area is 169 Å². The van der Waals surface area contributed by atoms with E-state index in [1.807, 2.05) is 30.3 Å². The second-order valence-corrected chi connectivity index (χ2v) is 6.39. The second kappa shape index (κ2) is 9.71. The van der Waals surface area contributed by atoms with Crippen LogP contribution in [0.25, 0.3) is 0 Å². The monoisotopic (exact) mass is 394 g/mol. The highest BCUT2D eigenvalue weighted by Crippen LogP contribution is 2.29. The molecule has 0 radical (unpaired) electrons. The van der Waals surface area contributed by atoms with E-state index in [0.29, 0.717) is 17.2 Å². The number of benzene rings is 3. The maximum Gasteiger partial charge on any atom is 0.238 e. The van der Waals surface area contributed by atoms with Crippen LogP contribution in [-0.4, -0.2) is 26.7 Å². The molecule has 3 aromatic rings. The second-order valence-electron chi connectivity index (χ2n) is 6.39. The van der Waals surface area contributed by atoms with Gasteiger partial charge in [0.25, 0.3) is 0 Å². The van der Waals surface area contributed by atoms with E-state index < -0.39 is 0 Å². The van der Waals surface area contributed by atoms with Crippen molar-refractivity contribution in [1.82, 2.24) is 5.32 Å². The molecular formula is C23H23FN2O3. The molecule has 3 aromatic carbocycles. The van der Waals surface area contributed by atoms with Gasteiger partial charge in [-0.2, -0.15) is 0 Å². The lowest BCUT2D eigenvalue weighted by molar-refractivity contribution is -0.115.